The van der Waals surface area contributed by atoms with Gasteiger partial charge in [-0.15, -0.1) is 12.4 Å². The largest absolute Gasteiger partial charge is 0.371 e. The highest BCUT2D eigenvalue weighted by Crippen LogP contribution is 2.27. The molecule has 0 spiro atoms. The van der Waals surface area contributed by atoms with E-state index in [9.17, 15) is 0 Å². The van der Waals surface area contributed by atoms with Gasteiger partial charge in [0.05, 0.1) is 5.52 Å². The highest BCUT2D eigenvalue weighted by molar-refractivity contribution is 5.91. The average Bonchev–Trinajstić information content (AvgIpc) is 2.47. The summed E-state index contributed by atoms with van der Waals surface area (Å²) in [7, 11) is 2.21. The fourth-order valence-corrected chi connectivity index (χ4v) is 2.79. The zero-order valence-electron chi connectivity index (χ0n) is 11.2. The molecule has 1 N–H and O–H groups in total. The van der Waals surface area contributed by atoms with Crippen molar-refractivity contribution in [1.29, 1.82) is 0 Å². The van der Waals surface area contributed by atoms with Crippen LogP contribution in [0.4, 0.5) is 5.69 Å². The van der Waals surface area contributed by atoms with E-state index in [2.05, 4.69) is 46.5 Å². The predicted molar refractivity (Wildman–Crippen MR) is 83.3 cm³/mol. The fourth-order valence-electron chi connectivity index (χ4n) is 2.79. The Balaban J connectivity index is 0.00000133. The van der Waals surface area contributed by atoms with Crippen LogP contribution < -0.4 is 10.2 Å². The minimum absolute atomic E-state index is 0. The van der Waals surface area contributed by atoms with Crippen LogP contribution in [0.25, 0.3) is 10.9 Å². The summed E-state index contributed by atoms with van der Waals surface area (Å²) >= 11 is 0. The van der Waals surface area contributed by atoms with Gasteiger partial charge in [0.15, 0.2) is 0 Å². The number of rotatable bonds is 2. The molecular formula is C15H20ClN3. The Hall–Kier alpha value is -1.32. The topological polar surface area (TPSA) is 28.2 Å². The Bertz CT molecular complexity index is 532. The van der Waals surface area contributed by atoms with E-state index in [0.29, 0.717) is 6.04 Å². The predicted octanol–water partition coefficient (Wildman–Crippen LogP) is 2.84. The Kier molecular flexibility index (Phi) is 4.61. The van der Waals surface area contributed by atoms with Gasteiger partial charge < -0.3 is 10.2 Å². The van der Waals surface area contributed by atoms with Crippen molar-refractivity contribution < 1.29 is 0 Å². The first kappa shape index (κ1) is 14.1. The average molecular weight is 278 g/mol. The van der Waals surface area contributed by atoms with Crippen molar-refractivity contribution in [2.24, 2.45) is 0 Å². The lowest BCUT2D eigenvalue weighted by Gasteiger charge is -2.34. The molecule has 19 heavy (non-hydrogen) atoms. The molecule has 0 atom stereocenters. The molecule has 1 aliphatic rings. The molecule has 0 radical (unpaired) electrons. The molecule has 3 rings (SSSR count). The Morgan fingerprint density at radius 3 is 2.74 bits per heavy atom. The van der Waals surface area contributed by atoms with Gasteiger partial charge in [-0.25, -0.2) is 0 Å². The van der Waals surface area contributed by atoms with E-state index in [4.69, 9.17) is 0 Å². The summed E-state index contributed by atoms with van der Waals surface area (Å²) < 4.78 is 0. The number of halogens is 1. The van der Waals surface area contributed by atoms with Gasteiger partial charge in [-0.1, -0.05) is 6.07 Å². The lowest BCUT2D eigenvalue weighted by Crippen LogP contribution is -2.41. The maximum absolute atomic E-state index is 4.43. The Morgan fingerprint density at radius 1 is 1.16 bits per heavy atom. The summed E-state index contributed by atoms with van der Waals surface area (Å²) in [5, 5.41) is 4.67. The first-order valence-electron chi connectivity index (χ1n) is 6.63. The van der Waals surface area contributed by atoms with Crippen molar-refractivity contribution in [1.82, 2.24) is 10.3 Å². The van der Waals surface area contributed by atoms with Crippen molar-refractivity contribution >= 4 is 29.0 Å². The van der Waals surface area contributed by atoms with Gasteiger partial charge >= 0.3 is 0 Å². The normalized spacial score (nSPS) is 16.1. The first-order chi connectivity index (χ1) is 8.86. The molecule has 2 heterocycles. The first-order valence-corrected chi connectivity index (χ1v) is 6.63. The van der Waals surface area contributed by atoms with Gasteiger partial charge in [-0.2, -0.15) is 0 Å². The van der Waals surface area contributed by atoms with E-state index in [-0.39, 0.29) is 12.4 Å². The molecule has 0 aliphatic carbocycles. The quantitative estimate of drug-likeness (QED) is 0.915. The van der Waals surface area contributed by atoms with Crippen LogP contribution in [-0.2, 0) is 0 Å². The molecule has 2 aromatic rings. The fraction of sp³-hybridized carbons (Fsp3) is 0.400. The van der Waals surface area contributed by atoms with Crippen LogP contribution in [0.1, 0.15) is 12.8 Å². The highest BCUT2D eigenvalue weighted by Gasteiger charge is 2.19. The van der Waals surface area contributed by atoms with E-state index in [1.165, 1.54) is 23.9 Å². The summed E-state index contributed by atoms with van der Waals surface area (Å²) in [5.74, 6) is 0. The van der Waals surface area contributed by atoms with Gasteiger partial charge in [-0.3, -0.25) is 4.98 Å². The van der Waals surface area contributed by atoms with Gasteiger partial charge in [0.2, 0.25) is 0 Å². The second kappa shape index (κ2) is 6.22. The van der Waals surface area contributed by atoms with Crippen molar-refractivity contribution in [2.45, 2.75) is 18.9 Å². The van der Waals surface area contributed by atoms with Gasteiger partial charge in [0.1, 0.15) is 0 Å². The number of nitrogens with one attached hydrogen (secondary N) is 1. The van der Waals surface area contributed by atoms with E-state index >= 15 is 0 Å². The molecule has 3 nitrogen and oxygen atoms in total. The second-order valence-electron chi connectivity index (χ2n) is 4.94. The van der Waals surface area contributed by atoms with Crippen molar-refractivity contribution in [2.75, 3.05) is 25.0 Å². The van der Waals surface area contributed by atoms with Crippen LogP contribution in [-0.4, -0.2) is 31.2 Å². The molecule has 1 fully saturated rings. The molecule has 1 aromatic carbocycles. The van der Waals surface area contributed by atoms with Crippen LogP contribution in [0.5, 0.6) is 0 Å². The number of nitrogens with zero attached hydrogens (tertiary/aromatic N) is 2. The summed E-state index contributed by atoms with van der Waals surface area (Å²) in [5.41, 5.74) is 2.38. The summed E-state index contributed by atoms with van der Waals surface area (Å²) in [6, 6.07) is 11.2. The van der Waals surface area contributed by atoms with Crippen molar-refractivity contribution in [3.8, 4) is 0 Å². The third kappa shape index (κ3) is 2.82. The number of piperidine rings is 1. The maximum Gasteiger partial charge on any atom is 0.0722 e. The minimum atomic E-state index is 0. The molecule has 0 saturated carbocycles. The molecule has 0 bridgehead atoms. The minimum Gasteiger partial charge on any atom is -0.371 e. The molecule has 1 saturated heterocycles. The van der Waals surface area contributed by atoms with E-state index in [0.717, 1.165) is 18.6 Å². The van der Waals surface area contributed by atoms with Crippen molar-refractivity contribution in [3.05, 3.63) is 36.5 Å². The zero-order chi connectivity index (χ0) is 12.4. The number of anilines is 1. The number of hydrogen-bond acceptors (Lipinski definition) is 3. The van der Waals surface area contributed by atoms with Crippen LogP contribution in [0.2, 0.25) is 0 Å². The lowest BCUT2D eigenvalue weighted by atomic mass is 10.0. The molecular weight excluding hydrogens is 258 g/mol. The number of benzene rings is 1. The molecule has 4 heteroatoms. The monoisotopic (exact) mass is 277 g/mol. The molecule has 1 aliphatic heterocycles. The standard InChI is InChI=1S/C15H19N3.ClH/c1-18(12-7-10-16-11-8-12)15-6-2-5-14-13(15)4-3-9-17-14;/h2-6,9,12,16H,7-8,10-11H2,1H3;1H. The second-order valence-corrected chi connectivity index (χ2v) is 4.94. The summed E-state index contributed by atoms with van der Waals surface area (Å²) in [6.45, 7) is 2.25. The zero-order valence-corrected chi connectivity index (χ0v) is 12.0. The van der Waals surface area contributed by atoms with Crippen LogP contribution in [0.3, 0.4) is 0 Å². The molecule has 0 amide bonds. The molecule has 102 valence electrons. The maximum atomic E-state index is 4.43. The smallest absolute Gasteiger partial charge is 0.0722 e. The van der Waals surface area contributed by atoms with Crippen LogP contribution >= 0.6 is 12.4 Å². The third-order valence-electron chi connectivity index (χ3n) is 3.86. The number of fused-ring (bicyclic) bond motifs is 1. The highest BCUT2D eigenvalue weighted by atomic mass is 35.5. The number of aromatic nitrogens is 1. The summed E-state index contributed by atoms with van der Waals surface area (Å²) in [4.78, 5) is 6.85. The van der Waals surface area contributed by atoms with Gasteiger partial charge in [0, 0.05) is 30.4 Å². The van der Waals surface area contributed by atoms with Gasteiger partial charge in [0.25, 0.3) is 0 Å². The number of hydrogen-bond donors (Lipinski definition) is 1. The summed E-state index contributed by atoms with van der Waals surface area (Å²) in [6.07, 6.45) is 4.29. The van der Waals surface area contributed by atoms with Crippen LogP contribution in [0.15, 0.2) is 36.5 Å². The third-order valence-corrected chi connectivity index (χ3v) is 3.86. The number of pyridine rings is 1. The Labute approximate surface area is 120 Å². The molecule has 1 aromatic heterocycles. The van der Waals surface area contributed by atoms with E-state index in [1.54, 1.807) is 0 Å². The Morgan fingerprint density at radius 2 is 1.95 bits per heavy atom. The molecule has 0 unspecified atom stereocenters. The van der Waals surface area contributed by atoms with Gasteiger partial charge in [-0.05, 0) is 50.2 Å². The van der Waals surface area contributed by atoms with Crippen molar-refractivity contribution in [3.63, 3.8) is 0 Å². The van der Waals surface area contributed by atoms with E-state index < -0.39 is 0 Å². The SMILES string of the molecule is CN(c1cccc2ncccc12)C1CCNCC1.Cl. The lowest BCUT2D eigenvalue weighted by molar-refractivity contribution is 0.444. The van der Waals surface area contributed by atoms with E-state index in [1.807, 2.05) is 12.3 Å². The van der Waals surface area contributed by atoms with Crippen LogP contribution in [0, 0.1) is 0 Å².